The van der Waals surface area contributed by atoms with Crippen molar-refractivity contribution >= 4 is 12.0 Å². The van der Waals surface area contributed by atoms with Gasteiger partial charge in [-0.2, -0.15) is 0 Å². The van der Waals surface area contributed by atoms with E-state index in [1.165, 1.54) is 12.1 Å². The van der Waals surface area contributed by atoms with E-state index < -0.39 is 5.97 Å². The van der Waals surface area contributed by atoms with Crippen molar-refractivity contribution in [3.63, 3.8) is 0 Å². The number of ether oxygens (including phenoxy) is 2. The molecule has 114 valence electrons. The summed E-state index contributed by atoms with van der Waals surface area (Å²) in [6.45, 7) is 2.45. The Labute approximate surface area is 129 Å². The summed E-state index contributed by atoms with van der Waals surface area (Å²) in [6, 6.07) is 14.6. The molecule has 2 rings (SSSR count). The SMILES string of the molecule is CCOC(=O)/C=C/c1ccc(O)c(OCc2ccccc2)c1. The van der Waals surface area contributed by atoms with Crippen LogP contribution in [0.3, 0.4) is 0 Å². The molecular formula is C18H18O4. The van der Waals surface area contributed by atoms with Crippen molar-refractivity contribution in [1.29, 1.82) is 0 Å². The second-order valence-electron chi connectivity index (χ2n) is 4.59. The van der Waals surface area contributed by atoms with Crippen LogP contribution in [0.2, 0.25) is 0 Å². The van der Waals surface area contributed by atoms with Crippen molar-refractivity contribution in [2.75, 3.05) is 6.61 Å². The van der Waals surface area contributed by atoms with Crippen LogP contribution in [0, 0.1) is 0 Å². The van der Waals surface area contributed by atoms with E-state index in [2.05, 4.69) is 0 Å². The molecule has 0 amide bonds. The highest BCUT2D eigenvalue weighted by Crippen LogP contribution is 2.28. The minimum atomic E-state index is -0.401. The van der Waals surface area contributed by atoms with E-state index in [-0.39, 0.29) is 5.75 Å². The number of phenols is 1. The van der Waals surface area contributed by atoms with Gasteiger partial charge < -0.3 is 14.6 Å². The number of aromatic hydroxyl groups is 1. The zero-order valence-electron chi connectivity index (χ0n) is 12.4. The highest BCUT2D eigenvalue weighted by Gasteiger charge is 2.04. The van der Waals surface area contributed by atoms with E-state index in [1.54, 1.807) is 25.1 Å². The first kappa shape index (κ1) is 15.6. The monoisotopic (exact) mass is 298 g/mol. The van der Waals surface area contributed by atoms with Crippen molar-refractivity contribution in [3.8, 4) is 11.5 Å². The highest BCUT2D eigenvalue weighted by molar-refractivity contribution is 5.87. The summed E-state index contributed by atoms with van der Waals surface area (Å²) in [5.74, 6) is 0.0291. The number of benzene rings is 2. The average molecular weight is 298 g/mol. The second kappa shape index (κ2) is 7.88. The van der Waals surface area contributed by atoms with Gasteiger partial charge in [0.1, 0.15) is 6.61 Å². The normalized spacial score (nSPS) is 10.6. The fourth-order valence-electron chi connectivity index (χ4n) is 1.84. The smallest absolute Gasteiger partial charge is 0.330 e. The number of rotatable bonds is 6. The summed E-state index contributed by atoms with van der Waals surface area (Å²) in [5, 5.41) is 9.83. The van der Waals surface area contributed by atoms with Crippen LogP contribution in [-0.4, -0.2) is 17.7 Å². The maximum Gasteiger partial charge on any atom is 0.330 e. The van der Waals surface area contributed by atoms with E-state index >= 15 is 0 Å². The molecule has 0 saturated carbocycles. The van der Waals surface area contributed by atoms with Gasteiger partial charge in [0.25, 0.3) is 0 Å². The first-order valence-electron chi connectivity index (χ1n) is 7.03. The molecule has 0 radical (unpaired) electrons. The summed E-state index contributed by atoms with van der Waals surface area (Å²) >= 11 is 0. The third kappa shape index (κ3) is 4.66. The predicted octanol–water partition coefficient (Wildman–Crippen LogP) is 3.55. The Morgan fingerprint density at radius 3 is 2.68 bits per heavy atom. The van der Waals surface area contributed by atoms with Gasteiger partial charge in [-0.05, 0) is 36.3 Å². The molecule has 2 aromatic rings. The van der Waals surface area contributed by atoms with Crippen LogP contribution in [0.15, 0.2) is 54.6 Å². The molecule has 0 spiro atoms. The number of carbonyl (C=O) groups excluding carboxylic acids is 1. The molecule has 2 aromatic carbocycles. The van der Waals surface area contributed by atoms with Crippen LogP contribution in [0.1, 0.15) is 18.1 Å². The highest BCUT2D eigenvalue weighted by atomic mass is 16.5. The van der Waals surface area contributed by atoms with Gasteiger partial charge in [0.05, 0.1) is 6.61 Å². The zero-order chi connectivity index (χ0) is 15.8. The molecule has 0 saturated heterocycles. The molecule has 0 aromatic heterocycles. The Morgan fingerprint density at radius 1 is 1.18 bits per heavy atom. The predicted molar refractivity (Wildman–Crippen MR) is 84.5 cm³/mol. The van der Waals surface area contributed by atoms with Crippen molar-refractivity contribution in [3.05, 3.63) is 65.7 Å². The Bertz CT molecular complexity index is 647. The van der Waals surface area contributed by atoms with Gasteiger partial charge in [-0.1, -0.05) is 36.4 Å². The molecule has 0 aliphatic heterocycles. The Hall–Kier alpha value is -2.75. The van der Waals surface area contributed by atoms with Gasteiger partial charge in [0.2, 0.25) is 0 Å². The number of carbonyl (C=O) groups is 1. The summed E-state index contributed by atoms with van der Waals surface area (Å²) in [6.07, 6.45) is 2.96. The Morgan fingerprint density at radius 2 is 1.95 bits per heavy atom. The minimum absolute atomic E-state index is 0.0595. The van der Waals surface area contributed by atoms with Gasteiger partial charge >= 0.3 is 5.97 Å². The largest absolute Gasteiger partial charge is 0.504 e. The Balaban J connectivity index is 2.05. The average Bonchev–Trinajstić information content (AvgIpc) is 2.54. The van der Waals surface area contributed by atoms with Gasteiger partial charge in [-0.3, -0.25) is 0 Å². The maximum atomic E-state index is 11.3. The molecule has 4 heteroatoms. The molecule has 1 N–H and O–H groups in total. The topological polar surface area (TPSA) is 55.8 Å². The lowest BCUT2D eigenvalue weighted by molar-refractivity contribution is -0.137. The molecule has 0 fully saturated rings. The molecule has 0 bridgehead atoms. The van der Waals surface area contributed by atoms with Gasteiger partial charge in [-0.15, -0.1) is 0 Å². The standard InChI is InChI=1S/C18H18O4/c1-2-21-18(20)11-9-14-8-10-16(19)17(12-14)22-13-15-6-4-3-5-7-15/h3-12,19H,2,13H2,1H3/b11-9+. The van der Waals surface area contributed by atoms with Crippen molar-refractivity contribution in [2.24, 2.45) is 0 Å². The zero-order valence-corrected chi connectivity index (χ0v) is 12.4. The first-order chi connectivity index (χ1) is 10.7. The van der Waals surface area contributed by atoms with E-state index in [9.17, 15) is 9.90 Å². The lowest BCUT2D eigenvalue weighted by Crippen LogP contribution is -1.98. The summed E-state index contributed by atoms with van der Waals surface area (Å²) in [4.78, 5) is 11.3. The van der Waals surface area contributed by atoms with Gasteiger partial charge in [0.15, 0.2) is 11.5 Å². The van der Waals surface area contributed by atoms with E-state index in [0.29, 0.717) is 19.0 Å². The molecule has 0 aliphatic rings. The molecule has 4 nitrogen and oxygen atoms in total. The van der Waals surface area contributed by atoms with Crippen molar-refractivity contribution < 1.29 is 19.4 Å². The van der Waals surface area contributed by atoms with Gasteiger partial charge in [0, 0.05) is 6.08 Å². The molecular weight excluding hydrogens is 280 g/mol. The fourth-order valence-corrected chi connectivity index (χ4v) is 1.84. The van der Waals surface area contributed by atoms with E-state index in [4.69, 9.17) is 9.47 Å². The molecule has 0 aliphatic carbocycles. The van der Waals surface area contributed by atoms with Crippen LogP contribution in [0.25, 0.3) is 6.08 Å². The van der Waals surface area contributed by atoms with Crippen LogP contribution < -0.4 is 4.74 Å². The lowest BCUT2D eigenvalue weighted by atomic mass is 10.2. The molecule has 0 atom stereocenters. The molecule has 22 heavy (non-hydrogen) atoms. The first-order valence-corrected chi connectivity index (χ1v) is 7.03. The maximum absolute atomic E-state index is 11.3. The number of hydrogen-bond donors (Lipinski definition) is 1. The number of esters is 1. The number of phenolic OH excluding ortho intramolecular Hbond substituents is 1. The summed E-state index contributed by atoms with van der Waals surface area (Å²) < 4.78 is 10.4. The van der Waals surface area contributed by atoms with E-state index in [1.807, 2.05) is 30.3 Å². The third-order valence-electron chi connectivity index (χ3n) is 2.92. The lowest BCUT2D eigenvalue weighted by Gasteiger charge is -2.09. The van der Waals surface area contributed by atoms with Crippen molar-refractivity contribution in [1.82, 2.24) is 0 Å². The molecule has 0 heterocycles. The van der Waals surface area contributed by atoms with E-state index in [0.717, 1.165) is 11.1 Å². The van der Waals surface area contributed by atoms with Crippen LogP contribution in [-0.2, 0) is 16.1 Å². The third-order valence-corrected chi connectivity index (χ3v) is 2.92. The van der Waals surface area contributed by atoms with Crippen molar-refractivity contribution in [2.45, 2.75) is 13.5 Å². The summed E-state index contributed by atoms with van der Waals surface area (Å²) in [5.41, 5.74) is 1.75. The Kier molecular flexibility index (Phi) is 5.60. The van der Waals surface area contributed by atoms with Crippen LogP contribution >= 0.6 is 0 Å². The van der Waals surface area contributed by atoms with Crippen LogP contribution in [0.5, 0.6) is 11.5 Å². The minimum Gasteiger partial charge on any atom is -0.504 e. The fraction of sp³-hybridized carbons (Fsp3) is 0.167. The van der Waals surface area contributed by atoms with Crippen LogP contribution in [0.4, 0.5) is 0 Å². The second-order valence-corrected chi connectivity index (χ2v) is 4.59. The summed E-state index contributed by atoms with van der Waals surface area (Å²) in [7, 11) is 0. The quantitative estimate of drug-likeness (QED) is 0.654. The number of hydrogen-bond acceptors (Lipinski definition) is 4. The van der Waals surface area contributed by atoms with Gasteiger partial charge in [-0.25, -0.2) is 4.79 Å². The molecule has 0 unspecified atom stereocenters.